The summed E-state index contributed by atoms with van der Waals surface area (Å²) in [5.41, 5.74) is 0. The molecule has 0 radical (unpaired) electrons. The first-order valence-corrected chi connectivity index (χ1v) is 6.24. The van der Waals surface area contributed by atoms with Gasteiger partial charge in [0.05, 0.1) is 0 Å². The van der Waals surface area contributed by atoms with Crippen LogP contribution in [0.25, 0.3) is 0 Å². The second-order valence-electron chi connectivity index (χ2n) is 4.39. The monoisotopic (exact) mass is 289 g/mol. The lowest BCUT2D eigenvalue weighted by Gasteiger charge is -2.34. The van der Waals surface area contributed by atoms with E-state index in [1.807, 2.05) is 0 Å². The number of carbonyl (C=O) groups is 1. The topological polar surface area (TPSA) is 38.8 Å². The molecule has 0 aromatic heterocycles. The molecule has 1 saturated heterocycles. The van der Waals surface area contributed by atoms with Crippen LogP contribution in [0.4, 0.5) is 18.0 Å². The molecule has 0 saturated carbocycles. The summed E-state index contributed by atoms with van der Waals surface area (Å²) in [6.07, 6.45) is -5.25. The van der Waals surface area contributed by atoms with Gasteiger partial charge in [-0.05, 0) is 25.0 Å². The Hall–Kier alpha value is -1.92. The third-order valence-electron chi connectivity index (χ3n) is 2.90. The van der Waals surface area contributed by atoms with Crippen molar-refractivity contribution in [2.75, 3.05) is 6.54 Å². The second-order valence-corrected chi connectivity index (χ2v) is 4.39. The van der Waals surface area contributed by atoms with Crippen molar-refractivity contribution in [2.45, 2.75) is 31.9 Å². The van der Waals surface area contributed by atoms with Crippen LogP contribution >= 0.6 is 0 Å². The van der Waals surface area contributed by atoms with Gasteiger partial charge in [0.1, 0.15) is 5.75 Å². The number of halogens is 3. The number of hydrogen-bond donors (Lipinski definition) is 0. The highest BCUT2D eigenvalue weighted by molar-refractivity contribution is 5.68. The van der Waals surface area contributed by atoms with E-state index in [0.717, 1.165) is 11.3 Å². The fraction of sp³-hybridized carbons (Fsp3) is 0.462. The zero-order valence-electron chi connectivity index (χ0n) is 10.6. The van der Waals surface area contributed by atoms with Gasteiger partial charge in [-0.3, -0.25) is 4.90 Å². The third-order valence-corrected chi connectivity index (χ3v) is 2.90. The van der Waals surface area contributed by atoms with Crippen LogP contribution in [0.5, 0.6) is 5.75 Å². The van der Waals surface area contributed by atoms with Crippen LogP contribution in [0, 0.1) is 0 Å². The maximum Gasteiger partial charge on any atom is 0.576 e. The number of piperidine rings is 1. The number of hydrogen-bond acceptors (Lipinski definition) is 3. The van der Waals surface area contributed by atoms with E-state index in [2.05, 4.69) is 4.74 Å². The lowest BCUT2D eigenvalue weighted by atomic mass is 10.1. The van der Waals surface area contributed by atoms with Gasteiger partial charge in [-0.25, -0.2) is 4.79 Å². The van der Waals surface area contributed by atoms with Crippen molar-refractivity contribution in [3.8, 4) is 5.75 Å². The molecule has 1 amide bonds. The molecule has 0 spiro atoms. The molecular formula is C13H14F3NO3. The average molecular weight is 289 g/mol. The van der Waals surface area contributed by atoms with Gasteiger partial charge in [-0.1, -0.05) is 18.2 Å². The van der Waals surface area contributed by atoms with E-state index in [1.54, 1.807) is 30.3 Å². The Balaban J connectivity index is 2.03. The van der Waals surface area contributed by atoms with Gasteiger partial charge in [-0.2, -0.15) is 0 Å². The maximum atomic E-state index is 12.1. The number of amides is 1. The highest BCUT2D eigenvalue weighted by Crippen LogP contribution is 2.25. The molecule has 110 valence electrons. The Morgan fingerprint density at radius 3 is 2.55 bits per heavy atom. The molecule has 0 bridgehead atoms. The van der Waals surface area contributed by atoms with E-state index < -0.39 is 18.7 Å². The summed E-state index contributed by atoms with van der Waals surface area (Å²) in [7, 11) is 0. The number of para-hydroxylation sites is 1. The second kappa shape index (κ2) is 6.02. The van der Waals surface area contributed by atoms with Crippen LogP contribution in [0.2, 0.25) is 0 Å². The zero-order chi connectivity index (χ0) is 14.6. The van der Waals surface area contributed by atoms with Crippen LogP contribution in [-0.2, 0) is 4.74 Å². The van der Waals surface area contributed by atoms with Gasteiger partial charge in [0.25, 0.3) is 0 Å². The summed E-state index contributed by atoms with van der Waals surface area (Å²) in [5.74, 6) is 0.504. The quantitative estimate of drug-likeness (QED) is 0.836. The van der Waals surface area contributed by atoms with E-state index in [9.17, 15) is 18.0 Å². The Morgan fingerprint density at radius 1 is 1.20 bits per heavy atom. The molecule has 1 aliphatic rings. The Kier molecular flexibility index (Phi) is 4.36. The molecule has 1 aromatic carbocycles. The Labute approximate surface area is 114 Å². The van der Waals surface area contributed by atoms with E-state index in [0.29, 0.717) is 18.6 Å². The summed E-state index contributed by atoms with van der Waals surface area (Å²) >= 11 is 0. The fourth-order valence-corrected chi connectivity index (χ4v) is 2.05. The predicted octanol–water partition coefficient (Wildman–Crippen LogP) is 3.53. The lowest BCUT2D eigenvalue weighted by molar-refractivity contribution is -0.296. The van der Waals surface area contributed by atoms with Gasteiger partial charge in [0, 0.05) is 13.0 Å². The lowest BCUT2D eigenvalue weighted by Crippen LogP contribution is -2.48. The summed E-state index contributed by atoms with van der Waals surface area (Å²) in [4.78, 5) is 12.5. The first-order valence-electron chi connectivity index (χ1n) is 6.24. The van der Waals surface area contributed by atoms with Gasteiger partial charge < -0.3 is 9.47 Å². The average Bonchev–Trinajstić information content (AvgIpc) is 2.38. The van der Waals surface area contributed by atoms with Gasteiger partial charge >= 0.3 is 12.5 Å². The summed E-state index contributed by atoms with van der Waals surface area (Å²) in [6.45, 7) is 0.187. The minimum Gasteiger partial charge on any atom is -0.470 e. The molecule has 1 fully saturated rings. The van der Waals surface area contributed by atoms with Crippen molar-refractivity contribution in [1.82, 2.24) is 4.90 Å². The number of likely N-dealkylation sites (tertiary alicyclic amines) is 1. The van der Waals surface area contributed by atoms with Gasteiger partial charge in [0.15, 0.2) is 6.23 Å². The van der Waals surface area contributed by atoms with E-state index >= 15 is 0 Å². The smallest absolute Gasteiger partial charge is 0.470 e. The molecule has 1 atom stereocenters. The standard InChI is InChI=1S/C13H14F3NO3/c14-13(15,16)20-12(18)17-9-5-4-8-11(17)19-10-6-2-1-3-7-10/h1-3,6-7,11H,4-5,8-9H2. The number of alkyl halides is 3. The predicted molar refractivity (Wildman–Crippen MR) is 64.0 cm³/mol. The highest BCUT2D eigenvalue weighted by Gasteiger charge is 2.39. The van der Waals surface area contributed by atoms with E-state index in [-0.39, 0.29) is 6.54 Å². The summed E-state index contributed by atoms with van der Waals surface area (Å²) in [5, 5.41) is 0. The number of nitrogens with zero attached hydrogens (tertiary/aromatic N) is 1. The molecule has 1 aromatic rings. The van der Waals surface area contributed by atoms with Crippen LogP contribution in [0.1, 0.15) is 19.3 Å². The van der Waals surface area contributed by atoms with Crippen molar-refractivity contribution in [3.05, 3.63) is 30.3 Å². The van der Waals surface area contributed by atoms with Crippen molar-refractivity contribution >= 4 is 6.09 Å². The van der Waals surface area contributed by atoms with Crippen LogP contribution in [0.3, 0.4) is 0 Å². The van der Waals surface area contributed by atoms with Crippen molar-refractivity contribution in [3.63, 3.8) is 0 Å². The largest absolute Gasteiger partial charge is 0.576 e. The Bertz CT molecular complexity index is 450. The number of rotatable bonds is 2. The van der Waals surface area contributed by atoms with Gasteiger partial charge in [0.2, 0.25) is 0 Å². The fourth-order valence-electron chi connectivity index (χ4n) is 2.05. The van der Waals surface area contributed by atoms with Crippen molar-refractivity contribution in [2.24, 2.45) is 0 Å². The maximum absolute atomic E-state index is 12.1. The Morgan fingerprint density at radius 2 is 1.90 bits per heavy atom. The first-order chi connectivity index (χ1) is 9.46. The molecule has 0 N–H and O–H groups in total. The molecule has 7 heteroatoms. The molecule has 2 rings (SSSR count). The first kappa shape index (κ1) is 14.5. The minimum absolute atomic E-state index is 0.187. The van der Waals surface area contributed by atoms with E-state index in [1.165, 1.54) is 0 Å². The minimum atomic E-state index is -4.98. The summed E-state index contributed by atoms with van der Waals surface area (Å²) < 4.78 is 45.3. The van der Waals surface area contributed by atoms with Crippen molar-refractivity contribution < 1.29 is 27.4 Å². The normalized spacial score (nSPS) is 19.6. The molecule has 4 nitrogen and oxygen atoms in total. The zero-order valence-corrected chi connectivity index (χ0v) is 10.6. The van der Waals surface area contributed by atoms with Crippen LogP contribution in [0.15, 0.2) is 30.3 Å². The van der Waals surface area contributed by atoms with Crippen LogP contribution < -0.4 is 4.74 Å². The number of ether oxygens (including phenoxy) is 2. The van der Waals surface area contributed by atoms with Gasteiger partial charge in [-0.15, -0.1) is 13.2 Å². The van der Waals surface area contributed by atoms with Crippen molar-refractivity contribution in [1.29, 1.82) is 0 Å². The number of benzene rings is 1. The molecule has 1 unspecified atom stereocenters. The molecular weight excluding hydrogens is 275 g/mol. The third kappa shape index (κ3) is 4.04. The van der Waals surface area contributed by atoms with Crippen LogP contribution in [-0.4, -0.2) is 30.1 Å². The highest BCUT2D eigenvalue weighted by atomic mass is 19.4. The molecule has 1 aliphatic heterocycles. The molecule has 20 heavy (non-hydrogen) atoms. The summed E-state index contributed by atoms with van der Waals surface area (Å²) in [6, 6.07) is 8.65. The SMILES string of the molecule is O=C(OC(F)(F)F)N1CCCCC1Oc1ccccc1. The number of carbonyl (C=O) groups excluding carboxylic acids is 1. The molecule has 0 aliphatic carbocycles. The molecule has 1 heterocycles. The van der Waals surface area contributed by atoms with E-state index in [4.69, 9.17) is 4.74 Å².